The molecule has 0 spiro atoms. The van der Waals surface area contributed by atoms with Crippen molar-refractivity contribution in [3.63, 3.8) is 0 Å². The maximum Gasteiger partial charge on any atom is 0.0185 e. The Morgan fingerprint density at radius 1 is 1.17 bits per heavy atom. The van der Waals surface area contributed by atoms with E-state index >= 15 is 0 Å². The maximum absolute atomic E-state index is 7.23. The molecule has 0 aliphatic rings. The average Bonchev–Trinajstić information content (AvgIpc) is 2.36. The van der Waals surface area contributed by atoms with Crippen LogP contribution in [0.3, 0.4) is 0 Å². The van der Waals surface area contributed by atoms with Crippen molar-refractivity contribution in [3.05, 3.63) is 18.4 Å². The Kier molecular flexibility index (Phi) is 4.57. The van der Waals surface area contributed by atoms with Crippen molar-refractivity contribution in [1.29, 1.82) is 0 Å². The Morgan fingerprint density at radius 3 is 2.58 bits per heavy atom. The summed E-state index contributed by atoms with van der Waals surface area (Å²) in [6.07, 6.45) is 2.68. The van der Waals surface area contributed by atoms with Crippen LogP contribution in [0.1, 0.15) is 0 Å². The minimum absolute atomic E-state index is 0. The molecule has 0 saturated carbocycles. The minimum Gasteiger partial charge on any atom is -0.481 e. The Morgan fingerprint density at radius 2 is 1.92 bits per heavy atom. The topological polar surface area (TPSA) is 76.6 Å². The van der Waals surface area contributed by atoms with Gasteiger partial charge in [-0.25, -0.2) is 0 Å². The Labute approximate surface area is 97.1 Å². The number of aromatic nitrogens is 4. The van der Waals surface area contributed by atoms with Gasteiger partial charge >= 0.3 is 0 Å². The number of nitrogens with zero attached hydrogens (tertiary/aromatic N) is 4. The number of nitrogens with one attached hydrogen (secondary N) is 1. The summed E-state index contributed by atoms with van der Waals surface area (Å²) in [6, 6.07) is 0. The van der Waals surface area contributed by atoms with Gasteiger partial charge in [0.25, 0.3) is 0 Å². The van der Waals surface area contributed by atoms with Gasteiger partial charge in [-0.15, -0.1) is 0 Å². The zero-order valence-corrected chi connectivity index (χ0v) is 11.6. The second kappa shape index (κ2) is 4.68. The number of rotatable bonds is 0. The van der Waals surface area contributed by atoms with E-state index < -0.39 is 0 Å². The minimum atomic E-state index is 0. The van der Waals surface area contributed by atoms with Gasteiger partial charge in [0.05, 0.1) is 0 Å². The molecule has 0 atom stereocenters. The molecule has 62 valence electrons. The number of hydrogen-bond acceptors (Lipinski definition) is 3. The predicted octanol–water partition coefficient (Wildman–Crippen LogP) is 0.661. The Bertz CT molecular complexity index is 359. The number of imidazole rings is 1. The van der Waals surface area contributed by atoms with Crippen molar-refractivity contribution < 1.29 is 42.1 Å². The number of hydrogen-bond donors (Lipinski definition) is 0. The summed E-state index contributed by atoms with van der Waals surface area (Å²) in [6.45, 7) is 0. The predicted molar refractivity (Wildman–Crippen MR) is 34.6 cm³/mol. The van der Waals surface area contributed by atoms with Crippen LogP contribution in [0.2, 0.25) is 0 Å². The molecular weight excluding hydrogens is 498 g/mol. The molecule has 0 bridgehead atoms. The molecule has 0 amide bonds. The molecule has 0 aliphatic heterocycles. The zero-order chi connectivity index (χ0) is 6.97. The van der Waals surface area contributed by atoms with E-state index in [0.29, 0.717) is 11.2 Å². The fourth-order valence-electron chi connectivity index (χ4n) is 0.724. The van der Waals surface area contributed by atoms with Crippen molar-refractivity contribution in [2.24, 2.45) is 0 Å². The monoisotopic (exact) mass is 501 g/mol. The molecule has 0 radical (unpaired) electrons. The van der Waals surface area contributed by atoms with Crippen LogP contribution in [-0.2, 0) is 42.1 Å². The van der Waals surface area contributed by atoms with Crippen molar-refractivity contribution in [1.82, 2.24) is 19.9 Å². The van der Waals surface area contributed by atoms with Gasteiger partial charge in [-0.05, 0) is 6.33 Å². The van der Waals surface area contributed by atoms with E-state index in [-0.39, 0.29) is 47.9 Å². The standard InChI is InChI=1S/C5H3N5.2W/c6-4-3-5(9-1-7-3)10-2-8-4;;/h1-2H,(H-2,6,7,8,9,10);;/q-2;;. The van der Waals surface area contributed by atoms with Crippen LogP contribution in [-0.4, -0.2) is 15.0 Å². The molecule has 2 aromatic rings. The fourth-order valence-corrected chi connectivity index (χ4v) is 0.724. The fraction of sp³-hybridized carbons (Fsp3) is 0. The molecular formula is C5H3N5W2-2. The van der Waals surface area contributed by atoms with Crippen LogP contribution in [0.5, 0.6) is 0 Å². The molecule has 2 heterocycles. The quantitative estimate of drug-likeness (QED) is 0.533. The summed E-state index contributed by atoms with van der Waals surface area (Å²) < 4.78 is 0. The molecule has 0 saturated heterocycles. The molecule has 2 aromatic heterocycles. The summed E-state index contributed by atoms with van der Waals surface area (Å²) in [4.78, 5) is 15.0. The van der Waals surface area contributed by atoms with Crippen molar-refractivity contribution in [2.75, 3.05) is 0 Å². The van der Waals surface area contributed by atoms with Crippen LogP contribution in [0.4, 0.5) is 5.82 Å². The van der Waals surface area contributed by atoms with E-state index in [4.69, 9.17) is 5.73 Å². The summed E-state index contributed by atoms with van der Waals surface area (Å²) in [5.74, 6) is 0.127. The third-order valence-electron chi connectivity index (χ3n) is 1.17. The third kappa shape index (κ3) is 1.90. The Hall–Kier alpha value is -0.273. The SMILES string of the molecule is [NH-]c1ncnc2[n-]cnc12.[W].[W]. The summed E-state index contributed by atoms with van der Waals surface area (Å²) in [5.41, 5.74) is 8.17. The molecule has 0 unspecified atom stereocenters. The van der Waals surface area contributed by atoms with Gasteiger partial charge in [-0.1, -0.05) is 12.1 Å². The Balaban J connectivity index is 0.000000605. The van der Waals surface area contributed by atoms with Crippen LogP contribution in [0.25, 0.3) is 16.9 Å². The van der Waals surface area contributed by atoms with Gasteiger partial charge in [0, 0.05) is 53.3 Å². The second-order valence-electron chi connectivity index (χ2n) is 1.77. The summed E-state index contributed by atoms with van der Waals surface area (Å²) in [5, 5.41) is 0. The third-order valence-corrected chi connectivity index (χ3v) is 1.17. The van der Waals surface area contributed by atoms with Crippen LogP contribution in [0, 0.1) is 0 Å². The first-order valence-corrected chi connectivity index (χ1v) is 2.68. The van der Waals surface area contributed by atoms with Crippen LogP contribution in [0.15, 0.2) is 12.7 Å². The van der Waals surface area contributed by atoms with E-state index in [1.54, 1.807) is 0 Å². The first kappa shape index (κ1) is 11.7. The molecule has 0 aromatic carbocycles. The van der Waals surface area contributed by atoms with Crippen LogP contribution >= 0.6 is 0 Å². The molecule has 12 heavy (non-hydrogen) atoms. The first-order valence-electron chi connectivity index (χ1n) is 2.68. The van der Waals surface area contributed by atoms with E-state index in [1.165, 1.54) is 12.7 Å². The van der Waals surface area contributed by atoms with Gasteiger partial charge in [0.1, 0.15) is 0 Å². The van der Waals surface area contributed by atoms with Gasteiger partial charge in [-0.3, -0.25) is 0 Å². The molecule has 7 heteroatoms. The average molecular weight is 501 g/mol. The summed E-state index contributed by atoms with van der Waals surface area (Å²) >= 11 is 0. The van der Waals surface area contributed by atoms with Crippen molar-refractivity contribution >= 4 is 17.0 Å². The first-order chi connectivity index (χ1) is 4.88. The molecule has 2 rings (SSSR count). The number of fused-ring (bicyclic) bond motifs is 1. The van der Waals surface area contributed by atoms with Crippen LogP contribution < -0.4 is 4.98 Å². The zero-order valence-electron chi connectivity index (χ0n) is 5.76. The largest absolute Gasteiger partial charge is 0.481 e. The van der Waals surface area contributed by atoms with Gasteiger partial charge < -0.3 is 25.7 Å². The van der Waals surface area contributed by atoms with Crippen molar-refractivity contribution in [3.8, 4) is 0 Å². The smallest absolute Gasteiger partial charge is 0.0185 e. The molecule has 0 fully saturated rings. The molecule has 5 nitrogen and oxygen atoms in total. The molecule has 0 aliphatic carbocycles. The van der Waals surface area contributed by atoms with Gasteiger partial charge in [-0.2, -0.15) is 0 Å². The second-order valence-corrected chi connectivity index (χ2v) is 1.77. The van der Waals surface area contributed by atoms with Gasteiger partial charge in [0.15, 0.2) is 0 Å². The van der Waals surface area contributed by atoms with Gasteiger partial charge in [0.2, 0.25) is 0 Å². The normalized spacial score (nSPS) is 8.67. The van der Waals surface area contributed by atoms with E-state index in [1.807, 2.05) is 0 Å². The summed E-state index contributed by atoms with van der Waals surface area (Å²) in [7, 11) is 0. The molecule has 1 N–H and O–H groups in total. The van der Waals surface area contributed by atoms with Crippen molar-refractivity contribution in [2.45, 2.75) is 0 Å². The maximum atomic E-state index is 7.23. The van der Waals surface area contributed by atoms with E-state index in [2.05, 4.69) is 19.9 Å². The van der Waals surface area contributed by atoms with E-state index in [9.17, 15) is 0 Å². The van der Waals surface area contributed by atoms with E-state index in [0.717, 1.165) is 0 Å².